The van der Waals surface area contributed by atoms with Gasteiger partial charge in [0.15, 0.2) is 0 Å². The summed E-state index contributed by atoms with van der Waals surface area (Å²) >= 11 is 0. The van der Waals surface area contributed by atoms with Crippen molar-refractivity contribution in [2.45, 2.75) is 31.2 Å². The van der Waals surface area contributed by atoms with Crippen molar-refractivity contribution in [3.05, 3.63) is 35.4 Å². The van der Waals surface area contributed by atoms with Gasteiger partial charge in [-0.15, -0.1) is 0 Å². The lowest BCUT2D eigenvalue weighted by atomic mass is 10.0. The van der Waals surface area contributed by atoms with Crippen molar-refractivity contribution in [3.63, 3.8) is 0 Å². The Morgan fingerprint density at radius 1 is 1.31 bits per heavy atom. The molecule has 2 rings (SSSR count). The number of urea groups is 1. The van der Waals surface area contributed by atoms with Gasteiger partial charge in [-0.2, -0.15) is 0 Å². The molecule has 0 bridgehead atoms. The monoisotopic (exact) mass is 375 g/mol. The molecule has 1 aliphatic rings. The van der Waals surface area contributed by atoms with E-state index in [0.717, 1.165) is 24.1 Å². The van der Waals surface area contributed by atoms with Crippen LogP contribution in [0, 0.1) is 17.0 Å². The number of nitrogens with one attached hydrogen (secondary N) is 2. The molecule has 0 aliphatic carbocycles. The maximum atomic E-state index is 13.6. The van der Waals surface area contributed by atoms with E-state index in [1.54, 1.807) is 0 Å². The first kappa shape index (κ1) is 19.7. The Balaban J connectivity index is 2.10. The number of rotatable bonds is 5. The summed E-state index contributed by atoms with van der Waals surface area (Å²) in [5.74, 6) is -6.52. The minimum absolute atomic E-state index is 0.126. The van der Waals surface area contributed by atoms with Crippen LogP contribution in [0.15, 0.2) is 18.2 Å². The zero-order chi connectivity index (χ0) is 19.5. The summed E-state index contributed by atoms with van der Waals surface area (Å²) in [7, 11) is 0.964. The number of alkyl halides is 2. The highest BCUT2D eigenvalue weighted by Gasteiger charge is 2.38. The van der Waals surface area contributed by atoms with E-state index in [4.69, 9.17) is 5.41 Å². The van der Waals surface area contributed by atoms with Crippen LogP contribution in [0.3, 0.4) is 0 Å². The van der Waals surface area contributed by atoms with Gasteiger partial charge in [0.05, 0.1) is 19.7 Å². The number of hydrogen-bond donors (Lipinski definition) is 2. The predicted octanol–water partition coefficient (Wildman–Crippen LogP) is 2.99. The maximum Gasteiger partial charge on any atom is 0.323 e. The van der Waals surface area contributed by atoms with Crippen LogP contribution in [0.2, 0.25) is 0 Å². The molecule has 1 unspecified atom stereocenters. The quantitative estimate of drug-likeness (QED) is 0.613. The second-order valence-corrected chi connectivity index (χ2v) is 5.84. The fourth-order valence-electron chi connectivity index (χ4n) is 2.69. The lowest BCUT2D eigenvalue weighted by Crippen LogP contribution is -2.46. The third-order valence-electron chi connectivity index (χ3n) is 3.87. The Hall–Kier alpha value is -2.65. The number of benzene rings is 1. The lowest BCUT2D eigenvalue weighted by Gasteiger charge is -2.26. The number of carbonyl (C=O) groups excluding carboxylic acids is 2. The molecule has 1 saturated heterocycles. The van der Waals surface area contributed by atoms with Gasteiger partial charge in [0, 0.05) is 12.5 Å². The van der Waals surface area contributed by atoms with Crippen molar-refractivity contribution in [3.8, 4) is 0 Å². The Bertz CT molecular complexity index is 706. The summed E-state index contributed by atoms with van der Waals surface area (Å²) in [5.41, 5.74) is 0.126. The molecule has 26 heavy (non-hydrogen) atoms. The molecule has 0 aromatic heterocycles. The SMILES string of the molecule is COC(=O)CC(F)(F)CNC(=O)N1C(=N)CCC1c1cc(F)cc(F)c1. The van der Waals surface area contributed by atoms with E-state index >= 15 is 0 Å². The van der Waals surface area contributed by atoms with Gasteiger partial charge in [0.1, 0.15) is 23.9 Å². The normalized spacial score (nSPS) is 17.3. The van der Waals surface area contributed by atoms with Gasteiger partial charge >= 0.3 is 12.0 Å². The molecule has 10 heteroatoms. The summed E-state index contributed by atoms with van der Waals surface area (Å²) in [6.07, 6.45) is -0.831. The summed E-state index contributed by atoms with van der Waals surface area (Å²) in [4.78, 5) is 24.1. The number of hydrogen-bond acceptors (Lipinski definition) is 4. The summed E-state index contributed by atoms with van der Waals surface area (Å²) in [5, 5.41) is 9.77. The van der Waals surface area contributed by atoms with Crippen molar-refractivity contribution < 1.29 is 31.9 Å². The van der Waals surface area contributed by atoms with E-state index in [1.165, 1.54) is 0 Å². The number of methoxy groups -OCH3 is 1. The Morgan fingerprint density at radius 2 is 1.92 bits per heavy atom. The van der Waals surface area contributed by atoms with E-state index in [2.05, 4.69) is 4.74 Å². The molecule has 1 atom stereocenters. The Labute approximate surface area is 146 Å². The number of amides is 2. The summed E-state index contributed by atoms with van der Waals surface area (Å²) in [6, 6.07) is 0.868. The predicted molar refractivity (Wildman–Crippen MR) is 82.9 cm³/mol. The second-order valence-electron chi connectivity index (χ2n) is 5.84. The number of carbonyl (C=O) groups is 2. The molecule has 1 aromatic rings. The zero-order valence-corrected chi connectivity index (χ0v) is 13.8. The van der Waals surface area contributed by atoms with Gasteiger partial charge in [-0.3, -0.25) is 15.1 Å². The van der Waals surface area contributed by atoms with Crippen molar-refractivity contribution in [2.75, 3.05) is 13.7 Å². The van der Waals surface area contributed by atoms with Crippen LogP contribution in [0.4, 0.5) is 22.4 Å². The number of ether oxygens (including phenoxy) is 1. The fraction of sp³-hybridized carbons (Fsp3) is 0.438. The van der Waals surface area contributed by atoms with Gasteiger partial charge in [-0.05, 0) is 24.1 Å². The first-order valence-corrected chi connectivity index (χ1v) is 7.68. The van der Waals surface area contributed by atoms with Crippen LogP contribution in [-0.4, -0.2) is 42.3 Å². The fourth-order valence-corrected chi connectivity index (χ4v) is 2.69. The third kappa shape index (κ3) is 4.70. The Kier molecular flexibility index (Phi) is 5.83. The van der Waals surface area contributed by atoms with Gasteiger partial charge in [0.2, 0.25) is 0 Å². The number of halogens is 4. The molecule has 2 amide bonds. The van der Waals surface area contributed by atoms with Crippen molar-refractivity contribution >= 4 is 17.8 Å². The van der Waals surface area contributed by atoms with Crippen molar-refractivity contribution in [1.29, 1.82) is 5.41 Å². The summed E-state index contributed by atoms with van der Waals surface area (Å²) < 4.78 is 58.3. The van der Waals surface area contributed by atoms with Gasteiger partial charge in [-0.25, -0.2) is 22.4 Å². The molecule has 142 valence electrons. The highest BCUT2D eigenvalue weighted by Crippen LogP contribution is 2.33. The molecule has 1 aromatic carbocycles. The third-order valence-corrected chi connectivity index (χ3v) is 3.87. The second kappa shape index (κ2) is 7.71. The van der Waals surface area contributed by atoms with Crippen LogP contribution in [0.25, 0.3) is 0 Å². The molecular weight excluding hydrogens is 358 g/mol. The van der Waals surface area contributed by atoms with Crippen LogP contribution in [-0.2, 0) is 9.53 Å². The molecular formula is C16H17F4N3O3. The number of esters is 1. The maximum absolute atomic E-state index is 13.6. The number of likely N-dealkylation sites (tertiary alicyclic amines) is 1. The van der Waals surface area contributed by atoms with Crippen LogP contribution in [0.5, 0.6) is 0 Å². The van der Waals surface area contributed by atoms with Crippen LogP contribution < -0.4 is 5.32 Å². The van der Waals surface area contributed by atoms with E-state index in [9.17, 15) is 27.2 Å². The lowest BCUT2D eigenvalue weighted by molar-refractivity contribution is -0.148. The Morgan fingerprint density at radius 3 is 2.50 bits per heavy atom. The van der Waals surface area contributed by atoms with Crippen LogP contribution >= 0.6 is 0 Å². The number of amidine groups is 1. The van der Waals surface area contributed by atoms with Crippen molar-refractivity contribution in [1.82, 2.24) is 10.2 Å². The highest BCUT2D eigenvalue weighted by molar-refractivity contribution is 5.98. The van der Waals surface area contributed by atoms with Gasteiger partial charge in [0.25, 0.3) is 5.92 Å². The smallest absolute Gasteiger partial charge is 0.323 e. The van der Waals surface area contributed by atoms with E-state index in [1.807, 2.05) is 5.32 Å². The molecule has 0 spiro atoms. The van der Waals surface area contributed by atoms with Gasteiger partial charge in [-0.1, -0.05) is 0 Å². The molecule has 6 nitrogen and oxygen atoms in total. The summed E-state index contributed by atoms with van der Waals surface area (Å²) in [6.45, 7) is -1.14. The molecule has 2 N–H and O–H groups in total. The number of nitrogens with zero attached hydrogens (tertiary/aromatic N) is 1. The average molecular weight is 375 g/mol. The molecule has 1 aliphatic heterocycles. The van der Waals surface area contributed by atoms with E-state index in [0.29, 0.717) is 6.07 Å². The van der Waals surface area contributed by atoms with Crippen molar-refractivity contribution in [2.24, 2.45) is 0 Å². The molecule has 0 saturated carbocycles. The van der Waals surface area contributed by atoms with Gasteiger partial charge < -0.3 is 10.1 Å². The minimum Gasteiger partial charge on any atom is -0.469 e. The molecule has 1 heterocycles. The standard InChI is InChI=1S/C16H17F4N3O3/c1-26-14(24)7-16(19,20)8-22-15(25)23-12(2-3-13(23)21)9-4-10(17)6-11(18)5-9/h4-6,12,21H,2-3,7-8H2,1H3,(H,22,25). The topological polar surface area (TPSA) is 82.5 Å². The zero-order valence-electron chi connectivity index (χ0n) is 13.8. The highest BCUT2D eigenvalue weighted by atomic mass is 19.3. The van der Waals surface area contributed by atoms with Crippen LogP contribution in [0.1, 0.15) is 30.9 Å². The largest absolute Gasteiger partial charge is 0.469 e. The molecule has 1 fully saturated rings. The van der Waals surface area contributed by atoms with E-state index < -0.39 is 48.6 Å². The average Bonchev–Trinajstić information content (AvgIpc) is 2.93. The van der Waals surface area contributed by atoms with E-state index in [-0.39, 0.29) is 24.2 Å². The first-order chi connectivity index (χ1) is 12.1. The minimum atomic E-state index is -3.54. The molecule has 0 radical (unpaired) electrons. The first-order valence-electron chi connectivity index (χ1n) is 7.68.